The molecule has 1 aliphatic heterocycles. The first-order chi connectivity index (χ1) is 12.4. The van der Waals surface area contributed by atoms with Gasteiger partial charge < -0.3 is 14.9 Å². The van der Waals surface area contributed by atoms with Gasteiger partial charge in [0.15, 0.2) is 0 Å². The molecule has 5 heteroatoms. The van der Waals surface area contributed by atoms with Gasteiger partial charge in [0.1, 0.15) is 17.2 Å². The van der Waals surface area contributed by atoms with Crippen LogP contribution in [-0.2, 0) is 12.0 Å². The van der Waals surface area contributed by atoms with E-state index in [1.807, 2.05) is 51.4 Å². The molecule has 0 bridgehead atoms. The normalized spacial score (nSPS) is 23.5. The third-order valence-corrected chi connectivity index (χ3v) is 5.31. The zero-order valence-electron chi connectivity index (χ0n) is 16.3. The zero-order chi connectivity index (χ0) is 18.7. The van der Waals surface area contributed by atoms with E-state index in [4.69, 9.17) is 0 Å². The first kappa shape index (κ1) is 18.8. The summed E-state index contributed by atoms with van der Waals surface area (Å²) in [5.41, 5.74) is 1.24. The summed E-state index contributed by atoms with van der Waals surface area (Å²) in [6.45, 7) is 5.63. The van der Waals surface area contributed by atoms with Gasteiger partial charge in [-0.25, -0.2) is 9.97 Å². The Hall–Kier alpha value is -1.98. The van der Waals surface area contributed by atoms with Gasteiger partial charge in [-0.1, -0.05) is 43.7 Å². The van der Waals surface area contributed by atoms with Gasteiger partial charge >= 0.3 is 0 Å². The highest BCUT2D eigenvalue weighted by Gasteiger charge is 2.44. The molecule has 140 valence electrons. The predicted octanol–water partition coefficient (Wildman–Crippen LogP) is 2.77. The number of rotatable bonds is 5. The van der Waals surface area contributed by atoms with E-state index in [0.717, 1.165) is 48.8 Å². The van der Waals surface area contributed by atoms with Crippen LogP contribution in [0.3, 0.4) is 0 Å². The van der Waals surface area contributed by atoms with Crippen LogP contribution < -0.4 is 4.90 Å². The van der Waals surface area contributed by atoms with Gasteiger partial charge in [-0.3, -0.25) is 0 Å². The summed E-state index contributed by atoms with van der Waals surface area (Å²) >= 11 is 0. The topological polar surface area (TPSA) is 52.5 Å². The molecular formula is C21H30N4O. The molecule has 0 amide bonds. The molecule has 0 radical (unpaired) electrons. The van der Waals surface area contributed by atoms with Gasteiger partial charge in [0, 0.05) is 24.8 Å². The molecule has 0 saturated carbocycles. The predicted molar refractivity (Wildman–Crippen MR) is 105 cm³/mol. The van der Waals surface area contributed by atoms with E-state index in [9.17, 15) is 5.11 Å². The lowest BCUT2D eigenvalue weighted by molar-refractivity contribution is -0.0527. The van der Waals surface area contributed by atoms with Gasteiger partial charge in [0.2, 0.25) is 0 Å². The smallest absolute Gasteiger partial charge is 0.132 e. The molecule has 2 aromatic rings. The number of nitrogens with zero attached hydrogens (tertiary/aromatic N) is 4. The fourth-order valence-electron chi connectivity index (χ4n) is 3.94. The molecule has 0 spiro atoms. The number of benzene rings is 1. The van der Waals surface area contributed by atoms with E-state index in [2.05, 4.69) is 32.8 Å². The van der Waals surface area contributed by atoms with Crippen molar-refractivity contribution in [3.63, 3.8) is 0 Å². The number of piperidine rings is 1. The zero-order valence-corrected chi connectivity index (χ0v) is 16.3. The molecule has 26 heavy (non-hydrogen) atoms. The number of anilines is 1. The molecular weight excluding hydrogens is 324 g/mol. The minimum Gasteiger partial charge on any atom is -0.383 e. The van der Waals surface area contributed by atoms with Crippen molar-refractivity contribution in [3.05, 3.63) is 53.5 Å². The lowest BCUT2D eigenvalue weighted by atomic mass is 9.80. The van der Waals surface area contributed by atoms with Crippen molar-refractivity contribution >= 4 is 5.82 Å². The second-order valence-electron chi connectivity index (χ2n) is 7.48. The van der Waals surface area contributed by atoms with E-state index in [1.165, 1.54) is 0 Å². The van der Waals surface area contributed by atoms with E-state index >= 15 is 0 Å². The van der Waals surface area contributed by atoms with Crippen LogP contribution in [-0.4, -0.2) is 53.2 Å². The van der Waals surface area contributed by atoms with Crippen molar-refractivity contribution in [2.24, 2.45) is 0 Å². The molecule has 1 N–H and O–H groups in total. The maximum atomic E-state index is 11.5. The molecule has 2 heterocycles. The number of aromatic nitrogens is 2. The van der Waals surface area contributed by atoms with Gasteiger partial charge in [0.25, 0.3) is 0 Å². The molecule has 2 atom stereocenters. The molecule has 1 aromatic heterocycles. The summed E-state index contributed by atoms with van der Waals surface area (Å²) in [6, 6.07) is 12.1. The fourth-order valence-corrected chi connectivity index (χ4v) is 3.94. The number of aliphatic hydroxyl groups is 1. The van der Waals surface area contributed by atoms with Crippen LogP contribution in [0.1, 0.15) is 36.8 Å². The number of likely N-dealkylation sites (N-methyl/N-ethyl adjacent to an activating group) is 1. The Kier molecular flexibility index (Phi) is 5.58. The highest BCUT2D eigenvalue weighted by Crippen LogP contribution is 2.36. The minimum atomic E-state index is -0.852. The number of hydrogen-bond acceptors (Lipinski definition) is 5. The second kappa shape index (κ2) is 7.72. The van der Waals surface area contributed by atoms with E-state index in [1.54, 1.807) is 0 Å². The summed E-state index contributed by atoms with van der Waals surface area (Å²) in [4.78, 5) is 13.6. The molecule has 3 rings (SSSR count). The van der Waals surface area contributed by atoms with Crippen molar-refractivity contribution < 1.29 is 5.11 Å². The Morgan fingerprint density at radius 3 is 2.62 bits per heavy atom. The summed E-state index contributed by atoms with van der Waals surface area (Å²) in [5.74, 6) is 1.79. The lowest BCUT2D eigenvalue weighted by Crippen LogP contribution is -2.59. The molecule has 1 fully saturated rings. The maximum absolute atomic E-state index is 11.5. The largest absolute Gasteiger partial charge is 0.383 e. The Bertz CT molecular complexity index is 734. The monoisotopic (exact) mass is 354 g/mol. The molecule has 1 aliphatic rings. The molecule has 0 unspecified atom stereocenters. The Morgan fingerprint density at radius 1 is 1.23 bits per heavy atom. The number of aryl methyl sites for hydroxylation is 2. The second-order valence-corrected chi connectivity index (χ2v) is 7.48. The highest BCUT2D eigenvalue weighted by molar-refractivity contribution is 5.42. The maximum Gasteiger partial charge on any atom is 0.132 e. The minimum absolute atomic E-state index is 0.0106. The van der Waals surface area contributed by atoms with Crippen molar-refractivity contribution in [2.45, 2.75) is 44.8 Å². The summed E-state index contributed by atoms with van der Waals surface area (Å²) in [6.07, 6.45) is 2.71. The van der Waals surface area contributed by atoms with Crippen molar-refractivity contribution in [1.82, 2.24) is 14.9 Å². The van der Waals surface area contributed by atoms with E-state index in [-0.39, 0.29) is 6.04 Å². The fraction of sp³-hybridized carbons (Fsp3) is 0.524. The summed E-state index contributed by atoms with van der Waals surface area (Å²) < 4.78 is 0. The van der Waals surface area contributed by atoms with E-state index in [0.29, 0.717) is 6.42 Å². The van der Waals surface area contributed by atoms with Crippen LogP contribution in [0.2, 0.25) is 0 Å². The first-order valence-electron chi connectivity index (χ1n) is 9.48. The van der Waals surface area contributed by atoms with Gasteiger partial charge in [-0.15, -0.1) is 0 Å². The van der Waals surface area contributed by atoms with Crippen LogP contribution in [0.5, 0.6) is 0 Å². The van der Waals surface area contributed by atoms with Gasteiger partial charge in [-0.05, 0) is 39.4 Å². The van der Waals surface area contributed by atoms with Crippen LogP contribution in [0, 0.1) is 6.92 Å². The van der Waals surface area contributed by atoms with E-state index < -0.39 is 5.60 Å². The quantitative estimate of drug-likeness (QED) is 0.895. The average Bonchev–Trinajstić information content (AvgIpc) is 2.62. The lowest BCUT2D eigenvalue weighted by Gasteiger charge is -2.48. The van der Waals surface area contributed by atoms with Crippen LogP contribution >= 0.6 is 0 Å². The van der Waals surface area contributed by atoms with Crippen LogP contribution in [0.4, 0.5) is 5.82 Å². The summed E-state index contributed by atoms with van der Waals surface area (Å²) in [7, 11) is 4.08. The Morgan fingerprint density at radius 2 is 1.96 bits per heavy atom. The van der Waals surface area contributed by atoms with Crippen molar-refractivity contribution in [1.29, 1.82) is 0 Å². The van der Waals surface area contributed by atoms with Crippen LogP contribution in [0.15, 0.2) is 36.4 Å². The third kappa shape index (κ3) is 3.74. The SMILES string of the molecule is CCCc1cc(N2CC[C@](O)(c3ccccc3)[C@H](N(C)C)C2)nc(C)n1. The summed E-state index contributed by atoms with van der Waals surface area (Å²) in [5, 5.41) is 11.5. The average molecular weight is 354 g/mol. The molecule has 0 aliphatic carbocycles. The molecule has 1 aromatic carbocycles. The third-order valence-electron chi connectivity index (χ3n) is 5.31. The highest BCUT2D eigenvalue weighted by atomic mass is 16.3. The molecule has 1 saturated heterocycles. The molecule has 5 nitrogen and oxygen atoms in total. The van der Waals surface area contributed by atoms with Crippen LogP contribution in [0.25, 0.3) is 0 Å². The Balaban J connectivity index is 1.89. The number of hydrogen-bond donors (Lipinski definition) is 1. The Labute approximate surface area is 156 Å². The van der Waals surface area contributed by atoms with Gasteiger partial charge in [-0.2, -0.15) is 0 Å². The van der Waals surface area contributed by atoms with Crippen molar-refractivity contribution in [3.8, 4) is 0 Å². The standard InChI is InChI=1S/C21H30N4O/c1-5-9-18-14-20(23-16(2)22-18)25-13-12-21(26,19(15-25)24(3)4)17-10-7-6-8-11-17/h6-8,10-11,14,19,26H,5,9,12-13,15H2,1-4H3/t19-,21+/m1/s1. The van der Waals surface area contributed by atoms with Gasteiger partial charge in [0.05, 0.1) is 6.04 Å². The first-order valence-corrected chi connectivity index (χ1v) is 9.48. The van der Waals surface area contributed by atoms with Crippen molar-refractivity contribution in [2.75, 3.05) is 32.1 Å².